The number of amides is 1. The first-order valence-corrected chi connectivity index (χ1v) is 9.87. The summed E-state index contributed by atoms with van der Waals surface area (Å²) in [5, 5.41) is 7.51. The van der Waals surface area contributed by atoms with E-state index >= 15 is 0 Å². The molecule has 4 aromatic rings. The van der Waals surface area contributed by atoms with Gasteiger partial charge < -0.3 is 9.73 Å². The van der Waals surface area contributed by atoms with Gasteiger partial charge in [0, 0.05) is 25.1 Å². The summed E-state index contributed by atoms with van der Waals surface area (Å²) in [6.07, 6.45) is 2.67. The predicted octanol–water partition coefficient (Wildman–Crippen LogP) is 3.38. The maximum absolute atomic E-state index is 13.2. The minimum atomic E-state index is -0.678. The zero-order valence-electron chi connectivity index (χ0n) is 16.8. The van der Waals surface area contributed by atoms with Crippen LogP contribution in [0.3, 0.4) is 0 Å². The van der Waals surface area contributed by atoms with E-state index in [0.29, 0.717) is 36.3 Å². The molecule has 3 aromatic heterocycles. The van der Waals surface area contributed by atoms with E-state index in [1.165, 1.54) is 4.68 Å². The van der Waals surface area contributed by atoms with E-state index in [0.717, 1.165) is 16.6 Å². The summed E-state index contributed by atoms with van der Waals surface area (Å²) >= 11 is 0. The molecule has 0 fully saturated rings. The van der Waals surface area contributed by atoms with Crippen molar-refractivity contribution >= 4 is 22.5 Å². The van der Waals surface area contributed by atoms with Gasteiger partial charge in [0.05, 0.1) is 11.8 Å². The fourth-order valence-corrected chi connectivity index (χ4v) is 3.71. The topological polar surface area (TPSA) is 81.5 Å². The van der Waals surface area contributed by atoms with Crippen molar-refractivity contribution in [3.63, 3.8) is 0 Å². The molecule has 150 valence electrons. The molecule has 3 heterocycles. The van der Waals surface area contributed by atoms with Crippen molar-refractivity contribution in [3.05, 3.63) is 70.0 Å². The third-order valence-corrected chi connectivity index (χ3v) is 5.35. The fraction of sp³-hybridized carbons (Fsp3) is 0.318. The molecule has 0 aliphatic rings. The average molecular weight is 392 g/mol. The SMILES string of the molecule is CCc1nn([C@H](CC)C(=O)NCc2ccccc2C)c(=O)c2cc3occc3n12. The standard InChI is InChI=1S/C22H24N4O3/c1-4-16(21(27)23-13-15-9-7-6-8-14(15)3)26-22(28)18-12-19-17(10-11-29-19)25(18)20(5-2)24-26/h6-12,16H,4-5,13H2,1-3H3,(H,23,27)/t16-/m1/s1. The lowest BCUT2D eigenvalue weighted by Gasteiger charge is -2.19. The Morgan fingerprint density at radius 1 is 1.21 bits per heavy atom. The smallest absolute Gasteiger partial charge is 0.291 e. The predicted molar refractivity (Wildman–Crippen MR) is 111 cm³/mol. The highest BCUT2D eigenvalue weighted by atomic mass is 16.3. The maximum atomic E-state index is 13.2. The van der Waals surface area contributed by atoms with Gasteiger partial charge in [0.2, 0.25) is 5.91 Å². The van der Waals surface area contributed by atoms with E-state index in [1.54, 1.807) is 12.3 Å². The Balaban J connectivity index is 1.71. The molecule has 4 rings (SSSR count). The van der Waals surface area contributed by atoms with Crippen LogP contribution < -0.4 is 10.9 Å². The lowest BCUT2D eigenvalue weighted by Crippen LogP contribution is -2.39. The van der Waals surface area contributed by atoms with Crippen LogP contribution in [-0.2, 0) is 17.8 Å². The average Bonchev–Trinajstić information content (AvgIpc) is 3.31. The maximum Gasteiger partial charge on any atom is 0.291 e. The third kappa shape index (κ3) is 3.22. The Bertz CT molecular complexity index is 1250. The Morgan fingerprint density at radius 2 is 2.00 bits per heavy atom. The Labute approximate surface area is 167 Å². The molecule has 0 radical (unpaired) electrons. The molecule has 29 heavy (non-hydrogen) atoms. The zero-order valence-corrected chi connectivity index (χ0v) is 16.8. The highest BCUT2D eigenvalue weighted by Crippen LogP contribution is 2.21. The number of fused-ring (bicyclic) bond motifs is 3. The van der Waals surface area contributed by atoms with Gasteiger partial charge in [-0.25, -0.2) is 4.68 Å². The molecule has 0 saturated carbocycles. The van der Waals surface area contributed by atoms with Crippen molar-refractivity contribution in [3.8, 4) is 0 Å². The number of nitrogens with zero attached hydrogens (tertiary/aromatic N) is 3. The quantitative estimate of drug-likeness (QED) is 0.545. The van der Waals surface area contributed by atoms with Gasteiger partial charge in [-0.2, -0.15) is 5.10 Å². The number of carbonyl (C=O) groups is 1. The number of hydrogen-bond acceptors (Lipinski definition) is 4. The first kappa shape index (κ1) is 19.0. The largest absolute Gasteiger partial charge is 0.463 e. The van der Waals surface area contributed by atoms with Crippen LogP contribution in [0.5, 0.6) is 0 Å². The molecule has 0 unspecified atom stereocenters. The van der Waals surface area contributed by atoms with E-state index in [-0.39, 0.29) is 11.5 Å². The number of aryl methyl sites for hydroxylation is 2. The van der Waals surface area contributed by atoms with Crippen molar-refractivity contribution in [2.45, 2.75) is 46.2 Å². The van der Waals surface area contributed by atoms with E-state index in [9.17, 15) is 9.59 Å². The van der Waals surface area contributed by atoms with E-state index in [1.807, 2.05) is 55.5 Å². The molecule has 0 bridgehead atoms. The summed E-state index contributed by atoms with van der Waals surface area (Å²) < 4.78 is 8.59. The van der Waals surface area contributed by atoms with Crippen molar-refractivity contribution in [2.75, 3.05) is 0 Å². The molecule has 1 atom stereocenters. The van der Waals surface area contributed by atoms with Gasteiger partial charge >= 0.3 is 0 Å². The van der Waals surface area contributed by atoms with Crippen LogP contribution in [0, 0.1) is 6.92 Å². The summed E-state index contributed by atoms with van der Waals surface area (Å²) in [6.45, 7) is 6.28. The second-order valence-corrected chi connectivity index (χ2v) is 7.12. The fourth-order valence-electron chi connectivity index (χ4n) is 3.71. The van der Waals surface area contributed by atoms with Crippen molar-refractivity contribution in [1.29, 1.82) is 0 Å². The lowest BCUT2D eigenvalue weighted by molar-refractivity contribution is -0.125. The number of furan rings is 1. The summed E-state index contributed by atoms with van der Waals surface area (Å²) in [5.41, 5.74) is 3.77. The normalized spacial score (nSPS) is 12.5. The Morgan fingerprint density at radius 3 is 2.72 bits per heavy atom. The summed E-state index contributed by atoms with van der Waals surface area (Å²) in [5.74, 6) is 0.494. The van der Waals surface area contributed by atoms with Gasteiger partial charge in [-0.1, -0.05) is 38.1 Å². The molecule has 1 N–H and O–H groups in total. The molecular formula is C22H24N4O3. The molecule has 0 spiro atoms. The van der Waals surface area contributed by atoms with Crippen molar-refractivity contribution in [1.82, 2.24) is 19.5 Å². The molecule has 1 aromatic carbocycles. The molecule has 1 amide bonds. The number of rotatable bonds is 6. The number of aromatic nitrogens is 3. The Hall–Kier alpha value is -3.35. The van der Waals surface area contributed by atoms with Crippen LogP contribution in [-0.4, -0.2) is 20.1 Å². The van der Waals surface area contributed by atoms with Crippen molar-refractivity contribution < 1.29 is 9.21 Å². The van der Waals surface area contributed by atoms with Gasteiger partial charge in [0.15, 0.2) is 5.58 Å². The van der Waals surface area contributed by atoms with Crippen LogP contribution in [0.25, 0.3) is 16.6 Å². The first-order chi connectivity index (χ1) is 14.0. The second kappa shape index (κ2) is 7.58. The van der Waals surface area contributed by atoms with E-state index in [4.69, 9.17) is 4.42 Å². The molecule has 7 nitrogen and oxygen atoms in total. The van der Waals surface area contributed by atoms with Crippen LogP contribution in [0.1, 0.15) is 43.3 Å². The number of hydrogen-bond donors (Lipinski definition) is 1. The van der Waals surface area contributed by atoms with Gasteiger partial charge in [0.25, 0.3) is 5.56 Å². The van der Waals surface area contributed by atoms with E-state index in [2.05, 4.69) is 10.4 Å². The van der Waals surface area contributed by atoms with Crippen LogP contribution in [0.2, 0.25) is 0 Å². The number of carbonyl (C=O) groups excluding carboxylic acids is 1. The highest BCUT2D eigenvalue weighted by molar-refractivity contribution is 5.83. The third-order valence-electron chi connectivity index (χ3n) is 5.35. The van der Waals surface area contributed by atoms with Gasteiger partial charge in [0.1, 0.15) is 17.4 Å². The van der Waals surface area contributed by atoms with E-state index < -0.39 is 6.04 Å². The van der Waals surface area contributed by atoms with Gasteiger partial charge in [-0.3, -0.25) is 14.0 Å². The zero-order chi connectivity index (χ0) is 20.5. The minimum absolute atomic E-state index is 0.216. The second-order valence-electron chi connectivity index (χ2n) is 7.12. The van der Waals surface area contributed by atoms with Crippen LogP contribution >= 0.6 is 0 Å². The number of nitrogens with one attached hydrogen (secondary N) is 1. The van der Waals surface area contributed by atoms with Gasteiger partial charge in [-0.05, 0) is 24.5 Å². The molecule has 0 aliphatic heterocycles. The molecular weight excluding hydrogens is 368 g/mol. The molecule has 0 saturated heterocycles. The summed E-state index contributed by atoms with van der Waals surface area (Å²) in [6, 6.07) is 10.8. The summed E-state index contributed by atoms with van der Waals surface area (Å²) in [7, 11) is 0. The minimum Gasteiger partial charge on any atom is -0.463 e. The highest BCUT2D eigenvalue weighted by Gasteiger charge is 2.24. The number of benzene rings is 1. The lowest BCUT2D eigenvalue weighted by atomic mass is 10.1. The van der Waals surface area contributed by atoms with Crippen molar-refractivity contribution in [2.24, 2.45) is 0 Å². The monoisotopic (exact) mass is 392 g/mol. The van der Waals surface area contributed by atoms with Crippen LogP contribution in [0.15, 0.2) is 51.9 Å². The first-order valence-electron chi connectivity index (χ1n) is 9.87. The summed E-state index contributed by atoms with van der Waals surface area (Å²) in [4.78, 5) is 26.1. The molecule has 0 aliphatic carbocycles. The van der Waals surface area contributed by atoms with Crippen LogP contribution in [0.4, 0.5) is 0 Å². The Kier molecular flexibility index (Phi) is 4.96. The van der Waals surface area contributed by atoms with Gasteiger partial charge in [-0.15, -0.1) is 0 Å². The molecule has 7 heteroatoms.